The Morgan fingerprint density at radius 1 is 1.08 bits per heavy atom. The van der Waals surface area contributed by atoms with E-state index in [0.29, 0.717) is 0 Å². The van der Waals surface area contributed by atoms with Gasteiger partial charge in [-0.1, -0.05) is 38.5 Å². The molecule has 0 radical (unpaired) electrons. The zero-order valence-electron chi connectivity index (χ0n) is 14.2. The highest BCUT2D eigenvalue weighted by Gasteiger charge is 2.30. The molecule has 0 spiro atoms. The van der Waals surface area contributed by atoms with E-state index in [-0.39, 0.29) is 4.90 Å². The maximum atomic E-state index is 11.7. The van der Waals surface area contributed by atoms with Crippen LogP contribution in [0.15, 0.2) is 53.4 Å². The zero-order chi connectivity index (χ0) is 19.5. The lowest BCUT2D eigenvalue weighted by molar-refractivity contribution is -0.274. The van der Waals surface area contributed by atoms with Crippen molar-refractivity contribution in [2.75, 3.05) is 5.73 Å². The largest absolute Gasteiger partial charge is 0.768 e. The van der Waals surface area contributed by atoms with E-state index in [1.54, 1.807) is 0 Å². The third-order valence-corrected chi connectivity index (χ3v) is 3.10. The van der Waals surface area contributed by atoms with Gasteiger partial charge < -0.3 is 15.0 Å². The average molecular weight is 376 g/mol. The summed E-state index contributed by atoms with van der Waals surface area (Å²) in [6.07, 6.45) is -3.52. The molecule has 2 rings (SSSR count). The molecule has 4 nitrogen and oxygen atoms in total. The fourth-order valence-electron chi connectivity index (χ4n) is 1.34. The van der Waals surface area contributed by atoms with E-state index in [4.69, 9.17) is 5.73 Å². The number of hydrogen-bond donors (Lipinski definition) is 1. The van der Waals surface area contributed by atoms with Crippen LogP contribution in [0, 0.1) is 6.92 Å². The summed E-state index contributed by atoms with van der Waals surface area (Å²) in [5.41, 5.74) is 7.53. The van der Waals surface area contributed by atoms with Gasteiger partial charge in [0.25, 0.3) is 0 Å². The molecule has 140 valence electrons. The predicted octanol–water partition coefficient (Wildman–Crippen LogP) is 4.82. The molecule has 0 bridgehead atoms. The molecule has 0 heterocycles. The smallest absolute Gasteiger partial charge is 0.573 e. The summed E-state index contributed by atoms with van der Waals surface area (Å²) in [6, 6.07) is 11.7. The summed E-state index contributed by atoms with van der Waals surface area (Å²) >= 11 is -2.45. The van der Waals surface area contributed by atoms with Crippen molar-refractivity contribution in [3.05, 3.63) is 54.1 Å². The van der Waals surface area contributed by atoms with Crippen LogP contribution in [-0.2, 0) is 11.1 Å². The van der Waals surface area contributed by atoms with Crippen LogP contribution in [0.1, 0.15) is 25.8 Å². The highest BCUT2D eigenvalue weighted by Crippen LogP contribution is 2.23. The number of halogens is 3. The minimum Gasteiger partial charge on any atom is -0.768 e. The van der Waals surface area contributed by atoms with Gasteiger partial charge in [-0.3, -0.25) is 4.21 Å². The van der Waals surface area contributed by atoms with Crippen molar-refractivity contribution in [3.8, 4) is 5.75 Å². The summed E-state index contributed by atoms with van der Waals surface area (Å²) in [6.45, 7) is 6.25. The van der Waals surface area contributed by atoms with E-state index >= 15 is 0 Å². The molecule has 1 atom stereocenters. The van der Waals surface area contributed by atoms with E-state index in [9.17, 15) is 21.9 Å². The fourth-order valence-corrected chi connectivity index (χ4v) is 1.70. The molecule has 0 aliphatic rings. The maximum absolute atomic E-state index is 11.7. The molecule has 0 saturated heterocycles. The highest BCUT2D eigenvalue weighted by molar-refractivity contribution is 7.79. The van der Waals surface area contributed by atoms with Crippen molar-refractivity contribution < 1.29 is 26.7 Å². The number of nitrogens with two attached hydrogens (primary N) is 1. The molecular weight excluding hydrogens is 355 g/mol. The van der Waals surface area contributed by atoms with Crippen LogP contribution in [0.2, 0.25) is 0 Å². The number of aryl methyl sites for hydroxylation is 1. The Labute approximate surface area is 148 Å². The van der Waals surface area contributed by atoms with Gasteiger partial charge in [-0.05, 0) is 53.9 Å². The van der Waals surface area contributed by atoms with Crippen molar-refractivity contribution in [3.63, 3.8) is 0 Å². The van der Waals surface area contributed by atoms with Crippen LogP contribution >= 0.6 is 0 Å². The Balaban J connectivity index is 0.000000440. The van der Waals surface area contributed by atoms with E-state index in [0.717, 1.165) is 35.5 Å². The number of ether oxygens (including phenoxy) is 1. The molecule has 0 aromatic heterocycles. The van der Waals surface area contributed by atoms with Gasteiger partial charge in [-0.15, -0.1) is 13.2 Å². The summed E-state index contributed by atoms with van der Waals surface area (Å²) in [5.74, 6) is -0.452. The molecule has 25 heavy (non-hydrogen) atoms. The number of nitrogen functional groups attached to an aromatic ring is 1. The molecule has 0 aliphatic carbocycles. The number of benzene rings is 2. The lowest BCUT2D eigenvalue weighted by Gasteiger charge is -2.09. The van der Waals surface area contributed by atoms with Crippen molar-refractivity contribution in [2.45, 2.75) is 38.4 Å². The molecule has 0 amide bonds. The SMILES string of the molecule is CCC.Cc1ccccc1N.O=S([O-])c1ccc(OC(F)(F)F)cc1. The van der Waals surface area contributed by atoms with Gasteiger partial charge in [-0.2, -0.15) is 0 Å². The minimum atomic E-state index is -4.77. The quantitative estimate of drug-likeness (QED) is 0.602. The van der Waals surface area contributed by atoms with E-state index < -0.39 is 23.2 Å². The maximum Gasteiger partial charge on any atom is 0.573 e. The average Bonchev–Trinajstić information content (AvgIpc) is 2.51. The molecule has 2 aromatic rings. The second kappa shape index (κ2) is 11.5. The fraction of sp³-hybridized carbons (Fsp3) is 0.294. The highest BCUT2D eigenvalue weighted by atomic mass is 32.2. The first-order valence-electron chi connectivity index (χ1n) is 7.36. The Morgan fingerprint density at radius 3 is 1.88 bits per heavy atom. The first kappa shape index (κ1) is 22.9. The summed E-state index contributed by atoms with van der Waals surface area (Å²) in [7, 11) is 0. The Morgan fingerprint density at radius 2 is 1.56 bits per heavy atom. The number of rotatable bonds is 2. The molecular formula is C17H21F3NO3S-. The standard InChI is InChI=1S/C7H5F3O3S.C7H9N.C3H8/c8-7(9,10)13-5-1-3-6(4-2-5)14(11)12;1-6-4-2-3-5-7(6)8;1-3-2/h1-4H,(H,11,12);2-5H,8H2,1H3;3H2,1-2H3/p-1. The number of anilines is 1. The van der Waals surface area contributed by atoms with Crippen molar-refractivity contribution >= 4 is 16.8 Å². The van der Waals surface area contributed by atoms with Gasteiger partial charge in [0.05, 0.1) is 0 Å². The van der Waals surface area contributed by atoms with Gasteiger partial charge in [0, 0.05) is 10.6 Å². The Bertz CT molecular complexity index is 625. The van der Waals surface area contributed by atoms with E-state index in [2.05, 4.69) is 18.6 Å². The Kier molecular flexibility index (Phi) is 10.5. The van der Waals surface area contributed by atoms with Gasteiger partial charge in [0.1, 0.15) is 5.75 Å². The zero-order valence-corrected chi connectivity index (χ0v) is 15.0. The van der Waals surface area contributed by atoms with Crippen LogP contribution < -0.4 is 10.5 Å². The topological polar surface area (TPSA) is 75.4 Å². The van der Waals surface area contributed by atoms with E-state index in [1.165, 1.54) is 6.42 Å². The van der Waals surface area contributed by atoms with Crippen LogP contribution in [0.4, 0.5) is 18.9 Å². The van der Waals surface area contributed by atoms with Crippen molar-refractivity contribution in [1.29, 1.82) is 0 Å². The van der Waals surface area contributed by atoms with Gasteiger partial charge in [-0.25, -0.2) is 0 Å². The molecule has 2 aromatic carbocycles. The van der Waals surface area contributed by atoms with Crippen LogP contribution in [0.5, 0.6) is 5.75 Å². The second-order valence-corrected chi connectivity index (χ2v) is 5.76. The normalized spacial score (nSPS) is 11.3. The van der Waals surface area contributed by atoms with Gasteiger partial charge >= 0.3 is 6.36 Å². The molecule has 2 N–H and O–H groups in total. The van der Waals surface area contributed by atoms with Crippen LogP contribution in [-0.4, -0.2) is 15.1 Å². The second-order valence-electron chi connectivity index (χ2n) is 4.82. The third-order valence-electron chi connectivity index (χ3n) is 2.44. The lowest BCUT2D eigenvalue weighted by atomic mass is 10.2. The van der Waals surface area contributed by atoms with Gasteiger partial charge in [0.2, 0.25) is 0 Å². The van der Waals surface area contributed by atoms with Crippen molar-refractivity contribution in [2.24, 2.45) is 0 Å². The monoisotopic (exact) mass is 376 g/mol. The number of para-hydroxylation sites is 1. The third kappa shape index (κ3) is 11.2. The first-order valence-corrected chi connectivity index (χ1v) is 8.44. The molecule has 8 heteroatoms. The first-order chi connectivity index (χ1) is 11.6. The molecule has 0 fully saturated rings. The Hall–Kier alpha value is -2.06. The minimum absolute atomic E-state index is 0.0977. The van der Waals surface area contributed by atoms with Crippen LogP contribution in [0.25, 0.3) is 0 Å². The van der Waals surface area contributed by atoms with E-state index in [1.807, 2.05) is 31.2 Å². The number of hydrogen-bond acceptors (Lipinski definition) is 4. The summed E-state index contributed by atoms with van der Waals surface area (Å²) < 4.78 is 59.2. The van der Waals surface area contributed by atoms with Gasteiger partial charge in [0.15, 0.2) is 0 Å². The van der Waals surface area contributed by atoms with Crippen LogP contribution in [0.3, 0.4) is 0 Å². The lowest BCUT2D eigenvalue weighted by Crippen LogP contribution is -2.17. The number of alkyl halides is 3. The van der Waals surface area contributed by atoms with Crippen molar-refractivity contribution in [1.82, 2.24) is 0 Å². The summed E-state index contributed by atoms with van der Waals surface area (Å²) in [5, 5.41) is 0. The molecule has 0 aliphatic heterocycles. The summed E-state index contributed by atoms with van der Waals surface area (Å²) in [4.78, 5) is -0.0977. The molecule has 0 saturated carbocycles. The molecule has 1 unspecified atom stereocenters. The predicted molar refractivity (Wildman–Crippen MR) is 91.9 cm³/mol.